The quantitative estimate of drug-likeness (QED) is 0.472. The summed E-state index contributed by atoms with van der Waals surface area (Å²) in [6, 6.07) is 9.67. The van der Waals surface area contributed by atoms with Crippen LogP contribution in [0.2, 0.25) is 39.3 Å². The highest BCUT2D eigenvalue weighted by molar-refractivity contribution is 6.71. The minimum Gasteiger partial charge on any atom is -0.531 e. The molecule has 0 atom stereocenters. The summed E-state index contributed by atoms with van der Waals surface area (Å²) in [5.41, 5.74) is 0.890. The molecule has 0 aliphatic rings. The standard InChI is InChI=1S/C15H25NO3Si2/c1-20(2,3)18-14(17)12-16-15(19-21(4,5)6)13-10-8-7-9-11-13/h7-11H,12H2,1-6H3. The van der Waals surface area contributed by atoms with Crippen LogP contribution in [0.25, 0.3) is 0 Å². The van der Waals surface area contributed by atoms with Gasteiger partial charge in [0.05, 0.1) is 0 Å². The van der Waals surface area contributed by atoms with Crippen molar-refractivity contribution >= 4 is 28.5 Å². The van der Waals surface area contributed by atoms with Crippen LogP contribution in [0.1, 0.15) is 5.56 Å². The Morgan fingerprint density at radius 1 is 0.952 bits per heavy atom. The molecule has 1 rings (SSSR count). The Balaban J connectivity index is 2.87. The maximum Gasteiger partial charge on any atom is 0.314 e. The van der Waals surface area contributed by atoms with Crippen molar-refractivity contribution in [3.8, 4) is 0 Å². The van der Waals surface area contributed by atoms with Gasteiger partial charge in [-0.25, -0.2) is 4.99 Å². The number of carbonyl (C=O) groups is 1. The molecule has 116 valence electrons. The molecule has 0 saturated carbocycles. The van der Waals surface area contributed by atoms with Crippen molar-refractivity contribution in [1.82, 2.24) is 0 Å². The summed E-state index contributed by atoms with van der Waals surface area (Å²) in [4.78, 5) is 16.2. The summed E-state index contributed by atoms with van der Waals surface area (Å²) in [6.07, 6.45) is 0. The summed E-state index contributed by atoms with van der Waals surface area (Å²) in [7, 11) is -3.67. The van der Waals surface area contributed by atoms with Crippen LogP contribution >= 0.6 is 0 Å². The van der Waals surface area contributed by atoms with Crippen molar-refractivity contribution in [2.45, 2.75) is 39.3 Å². The summed E-state index contributed by atoms with van der Waals surface area (Å²) in [6.45, 7) is 12.2. The zero-order valence-corrected chi connectivity index (χ0v) is 15.8. The van der Waals surface area contributed by atoms with Crippen LogP contribution in [-0.2, 0) is 13.6 Å². The maximum absolute atomic E-state index is 11.8. The van der Waals surface area contributed by atoms with Gasteiger partial charge in [0, 0.05) is 5.56 Å². The van der Waals surface area contributed by atoms with Crippen LogP contribution in [0.5, 0.6) is 0 Å². The second kappa shape index (κ2) is 7.04. The zero-order valence-electron chi connectivity index (χ0n) is 13.8. The Bertz CT molecular complexity index is 502. The Morgan fingerprint density at radius 2 is 1.48 bits per heavy atom. The first-order valence-corrected chi connectivity index (χ1v) is 13.9. The molecule has 0 N–H and O–H groups in total. The first kappa shape index (κ1) is 17.6. The zero-order chi connectivity index (χ0) is 16.1. The van der Waals surface area contributed by atoms with E-state index in [-0.39, 0.29) is 12.5 Å². The van der Waals surface area contributed by atoms with Gasteiger partial charge >= 0.3 is 5.97 Å². The summed E-state index contributed by atoms with van der Waals surface area (Å²) >= 11 is 0. The van der Waals surface area contributed by atoms with Gasteiger partial charge in [-0.2, -0.15) is 0 Å². The lowest BCUT2D eigenvalue weighted by Crippen LogP contribution is -2.32. The Morgan fingerprint density at radius 3 is 1.95 bits per heavy atom. The lowest BCUT2D eigenvalue weighted by Gasteiger charge is -2.21. The molecule has 0 radical (unpaired) electrons. The molecule has 0 unspecified atom stereocenters. The van der Waals surface area contributed by atoms with Gasteiger partial charge in [-0.1, -0.05) is 18.2 Å². The van der Waals surface area contributed by atoms with Crippen LogP contribution in [0, 0.1) is 0 Å². The van der Waals surface area contributed by atoms with Crippen LogP contribution in [-0.4, -0.2) is 35.0 Å². The van der Waals surface area contributed by atoms with E-state index in [1.54, 1.807) is 0 Å². The molecule has 0 bridgehead atoms. The van der Waals surface area contributed by atoms with Crippen molar-refractivity contribution in [3.05, 3.63) is 35.9 Å². The molecule has 0 spiro atoms. The van der Waals surface area contributed by atoms with Crippen LogP contribution in [0.4, 0.5) is 0 Å². The average Bonchev–Trinajstić information content (AvgIpc) is 2.32. The van der Waals surface area contributed by atoms with Crippen LogP contribution in [0.15, 0.2) is 35.3 Å². The Labute approximate surface area is 129 Å². The molecule has 1 aromatic carbocycles. The van der Waals surface area contributed by atoms with Gasteiger partial charge in [0.1, 0.15) is 6.54 Å². The SMILES string of the molecule is C[Si](C)(C)OC(=O)CN=C(O[Si](C)(C)C)c1ccccc1. The summed E-state index contributed by atoms with van der Waals surface area (Å²) < 4.78 is 11.4. The van der Waals surface area contributed by atoms with Gasteiger partial charge in [0.2, 0.25) is 22.5 Å². The van der Waals surface area contributed by atoms with Crippen molar-refractivity contribution < 1.29 is 13.6 Å². The number of hydrogen-bond donors (Lipinski definition) is 0. The van der Waals surface area contributed by atoms with E-state index in [0.717, 1.165) is 5.56 Å². The molecule has 4 nitrogen and oxygen atoms in total. The molecule has 21 heavy (non-hydrogen) atoms. The molecule has 0 aliphatic heterocycles. The number of nitrogens with zero attached hydrogens (tertiary/aromatic N) is 1. The number of hydrogen-bond acceptors (Lipinski definition) is 4. The van der Waals surface area contributed by atoms with Gasteiger partial charge in [0.25, 0.3) is 0 Å². The molecular formula is C15H25NO3Si2. The summed E-state index contributed by atoms with van der Waals surface area (Å²) in [5.74, 6) is 0.240. The largest absolute Gasteiger partial charge is 0.531 e. The fourth-order valence-corrected chi connectivity index (χ4v) is 3.07. The highest BCUT2D eigenvalue weighted by Gasteiger charge is 2.22. The van der Waals surface area contributed by atoms with Crippen molar-refractivity contribution in [2.24, 2.45) is 4.99 Å². The summed E-state index contributed by atoms with van der Waals surface area (Å²) in [5, 5.41) is 0. The van der Waals surface area contributed by atoms with E-state index in [2.05, 4.69) is 24.6 Å². The van der Waals surface area contributed by atoms with Gasteiger partial charge < -0.3 is 8.85 Å². The Kier molecular flexibility index (Phi) is 5.91. The number of benzene rings is 1. The molecule has 0 saturated heterocycles. The fourth-order valence-electron chi connectivity index (χ4n) is 1.56. The molecule has 0 aromatic heterocycles. The first-order valence-electron chi connectivity index (χ1n) is 7.07. The maximum atomic E-state index is 11.8. The number of rotatable bonds is 5. The predicted molar refractivity (Wildman–Crippen MR) is 91.7 cm³/mol. The lowest BCUT2D eigenvalue weighted by molar-refractivity contribution is -0.133. The monoisotopic (exact) mass is 323 g/mol. The second-order valence-corrected chi connectivity index (χ2v) is 15.6. The molecular weight excluding hydrogens is 298 g/mol. The fraction of sp³-hybridized carbons (Fsp3) is 0.467. The van der Waals surface area contributed by atoms with E-state index in [9.17, 15) is 4.79 Å². The second-order valence-electron chi connectivity index (χ2n) is 6.79. The van der Waals surface area contributed by atoms with E-state index in [1.807, 2.05) is 50.0 Å². The number of carbonyl (C=O) groups excluding carboxylic acids is 1. The molecule has 0 amide bonds. The number of aliphatic imine (C=N–C) groups is 1. The van der Waals surface area contributed by atoms with Gasteiger partial charge in [0.15, 0.2) is 0 Å². The molecule has 0 heterocycles. The minimum atomic E-state index is -1.87. The van der Waals surface area contributed by atoms with Gasteiger partial charge in [-0.15, -0.1) is 0 Å². The van der Waals surface area contributed by atoms with E-state index >= 15 is 0 Å². The smallest absolute Gasteiger partial charge is 0.314 e. The van der Waals surface area contributed by atoms with Crippen LogP contribution in [0.3, 0.4) is 0 Å². The highest BCUT2D eigenvalue weighted by atomic mass is 28.4. The van der Waals surface area contributed by atoms with Gasteiger partial charge in [-0.3, -0.25) is 4.79 Å². The van der Waals surface area contributed by atoms with Crippen LogP contribution < -0.4 is 0 Å². The molecule has 1 aromatic rings. The third-order valence-corrected chi connectivity index (χ3v) is 3.84. The molecule has 0 fully saturated rings. The molecule has 0 aliphatic carbocycles. The topological polar surface area (TPSA) is 47.9 Å². The third-order valence-electron chi connectivity index (χ3n) is 2.20. The normalized spacial score (nSPS) is 13.0. The van der Waals surface area contributed by atoms with E-state index in [4.69, 9.17) is 8.85 Å². The van der Waals surface area contributed by atoms with Gasteiger partial charge in [-0.05, 0) is 51.4 Å². The third kappa shape index (κ3) is 7.82. The minimum absolute atomic E-state index is 0.00101. The van der Waals surface area contributed by atoms with E-state index in [0.29, 0.717) is 5.90 Å². The molecule has 6 heteroatoms. The van der Waals surface area contributed by atoms with E-state index in [1.165, 1.54) is 0 Å². The van der Waals surface area contributed by atoms with Crippen molar-refractivity contribution in [1.29, 1.82) is 0 Å². The van der Waals surface area contributed by atoms with Crippen molar-refractivity contribution in [2.75, 3.05) is 6.54 Å². The average molecular weight is 324 g/mol. The Hall–Kier alpha value is -1.41. The highest BCUT2D eigenvalue weighted by Crippen LogP contribution is 2.11. The van der Waals surface area contributed by atoms with E-state index < -0.39 is 16.6 Å². The lowest BCUT2D eigenvalue weighted by atomic mass is 10.2. The predicted octanol–water partition coefficient (Wildman–Crippen LogP) is 3.66. The first-order chi connectivity index (χ1) is 9.57. The van der Waals surface area contributed by atoms with Crippen molar-refractivity contribution in [3.63, 3.8) is 0 Å².